The predicted octanol–water partition coefficient (Wildman–Crippen LogP) is 2.23. The molecule has 0 saturated carbocycles. The van der Waals surface area contributed by atoms with E-state index in [4.69, 9.17) is 10.2 Å². The number of carboxylic acids is 1. The lowest BCUT2D eigenvalue weighted by atomic mass is 10.1. The van der Waals surface area contributed by atoms with E-state index in [0.29, 0.717) is 6.42 Å². The predicted molar refractivity (Wildman–Crippen MR) is 56.7 cm³/mol. The quantitative estimate of drug-likeness (QED) is 0.671. The number of aromatic hydroxyl groups is 1. The van der Waals surface area contributed by atoms with Crippen molar-refractivity contribution in [2.45, 2.75) is 18.1 Å². The van der Waals surface area contributed by atoms with Gasteiger partial charge >= 0.3 is 5.97 Å². The smallest absolute Gasteiger partial charge is 0.303 e. The van der Waals surface area contributed by atoms with Gasteiger partial charge in [-0.3, -0.25) is 4.79 Å². The number of phenols is 1. The van der Waals surface area contributed by atoms with Crippen LogP contribution in [0.25, 0.3) is 0 Å². The molecule has 2 N–H and O–H groups in total. The van der Waals surface area contributed by atoms with Gasteiger partial charge in [-0.05, 0) is 24.1 Å². The highest BCUT2D eigenvalue weighted by atomic mass is 32.1. The maximum atomic E-state index is 10.3. The fourth-order valence-electron chi connectivity index (χ4n) is 1.12. The largest absolute Gasteiger partial charge is 0.508 e. The van der Waals surface area contributed by atoms with Crippen molar-refractivity contribution in [3.63, 3.8) is 0 Å². The van der Waals surface area contributed by atoms with E-state index in [0.717, 1.165) is 5.56 Å². The zero-order chi connectivity index (χ0) is 10.6. The maximum Gasteiger partial charge on any atom is 0.303 e. The van der Waals surface area contributed by atoms with Crippen molar-refractivity contribution in [3.05, 3.63) is 29.8 Å². The minimum absolute atomic E-state index is 0.0910. The normalized spacial score (nSPS) is 12.4. The summed E-state index contributed by atoms with van der Waals surface area (Å²) in [7, 11) is 0. The van der Waals surface area contributed by atoms with Crippen molar-refractivity contribution < 1.29 is 15.0 Å². The fourth-order valence-corrected chi connectivity index (χ4v) is 1.42. The number of phenolic OH excluding ortho intramolecular Hbond substituents is 1. The van der Waals surface area contributed by atoms with Crippen molar-refractivity contribution in [2.24, 2.45) is 0 Å². The van der Waals surface area contributed by atoms with Crippen LogP contribution in [0.1, 0.15) is 23.7 Å². The van der Waals surface area contributed by atoms with Gasteiger partial charge in [-0.25, -0.2) is 0 Å². The van der Waals surface area contributed by atoms with E-state index in [1.165, 1.54) is 0 Å². The number of aliphatic carboxylic acids is 1. The molecule has 0 saturated heterocycles. The van der Waals surface area contributed by atoms with Crippen molar-refractivity contribution in [2.75, 3.05) is 0 Å². The number of carbonyl (C=O) groups is 1. The summed E-state index contributed by atoms with van der Waals surface area (Å²) in [4.78, 5) is 10.3. The zero-order valence-electron chi connectivity index (χ0n) is 7.55. The monoisotopic (exact) mass is 212 g/mol. The number of thiol groups is 1. The molecule has 1 rings (SSSR count). The van der Waals surface area contributed by atoms with Crippen LogP contribution in [0.5, 0.6) is 5.75 Å². The summed E-state index contributed by atoms with van der Waals surface area (Å²) < 4.78 is 0. The lowest BCUT2D eigenvalue weighted by Gasteiger charge is -2.09. The van der Waals surface area contributed by atoms with Gasteiger partial charge in [0.25, 0.3) is 0 Å². The molecule has 1 aromatic rings. The SMILES string of the molecule is O=C(O)CCC(S)c1ccc(O)cc1. The van der Waals surface area contributed by atoms with E-state index in [1.807, 2.05) is 0 Å². The highest BCUT2D eigenvalue weighted by Crippen LogP contribution is 2.26. The molecule has 4 heteroatoms. The van der Waals surface area contributed by atoms with Crippen LogP contribution in [0.15, 0.2) is 24.3 Å². The first-order valence-corrected chi connectivity index (χ1v) is 4.80. The minimum Gasteiger partial charge on any atom is -0.508 e. The molecule has 0 fully saturated rings. The molecule has 1 atom stereocenters. The molecule has 1 unspecified atom stereocenters. The van der Waals surface area contributed by atoms with Crippen LogP contribution < -0.4 is 0 Å². The summed E-state index contributed by atoms with van der Waals surface area (Å²) in [6, 6.07) is 6.63. The van der Waals surface area contributed by atoms with Crippen LogP contribution in [0, 0.1) is 0 Å². The van der Waals surface area contributed by atoms with E-state index in [9.17, 15) is 4.79 Å². The maximum absolute atomic E-state index is 10.3. The molecule has 0 bridgehead atoms. The Hall–Kier alpha value is -1.16. The molecule has 0 radical (unpaired) electrons. The molecule has 0 aliphatic heterocycles. The summed E-state index contributed by atoms with van der Waals surface area (Å²) in [6.45, 7) is 0. The van der Waals surface area contributed by atoms with Crippen molar-refractivity contribution in [1.82, 2.24) is 0 Å². The summed E-state index contributed by atoms with van der Waals surface area (Å²) in [6.07, 6.45) is 0.595. The van der Waals surface area contributed by atoms with Crippen LogP contribution >= 0.6 is 12.6 Å². The molecule has 1 aromatic carbocycles. The van der Waals surface area contributed by atoms with E-state index in [-0.39, 0.29) is 17.4 Å². The van der Waals surface area contributed by atoms with Gasteiger partial charge in [0, 0.05) is 11.7 Å². The number of rotatable bonds is 4. The van der Waals surface area contributed by atoms with Crippen molar-refractivity contribution in [3.8, 4) is 5.75 Å². The van der Waals surface area contributed by atoms with Gasteiger partial charge in [-0.1, -0.05) is 12.1 Å². The Morgan fingerprint density at radius 1 is 1.36 bits per heavy atom. The summed E-state index contributed by atoms with van der Waals surface area (Å²) in [5, 5.41) is 17.4. The third-order valence-corrected chi connectivity index (χ3v) is 2.47. The number of hydrogen-bond donors (Lipinski definition) is 3. The topological polar surface area (TPSA) is 57.5 Å². The Labute approximate surface area is 87.8 Å². The van der Waals surface area contributed by atoms with Crippen molar-refractivity contribution >= 4 is 18.6 Å². The Kier molecular flexibility index (Phi) is 3.83. The second kappa shape index (κ2) is 4.91. The molecule has 0 aliphatic carbocycles. The van der Waals surface area contributed by atoms with Gasteiger partial charge in [0.1, 0.15) is 5.75 Å². The summed E-state index contributed by atoms with van der Waals surface area (Å²) >= 11 is 4.28. The molecular weight excluding hydrogens is 200 g/mol. The second-order valence-electron chi connectivity index (χ2n) is 3.04. The first-order chi connectivity index (χ1) is 6.59. The van der Waals surface area contributed by atoms with Gasteiger partial charge in [0.2, 0.25) is 0 Å². The van der Waals surface area contributed by atoms with Gasteiger partial charge in [-0.15, -0.1) is 0 Å². The Balaban J connectivity index is 2.56. The van der Waals surface area contributed by atoms with Crippen LogP contribution in [0.4, 0.5) is 0 Å². The summed E-state index contributed by atoms with van der Waals surface area (Å²) in [5.74, 6) is -0.615. The highest BCUT2D eigenvalue weighted by Gasteiger charge is 2.08. The highest BCUT2D eigenvalue weighted by molar-refractivity contribution is 7.80. The van der Waals surface area contributed by atoms with E-state index in [1.54, 1.807) is 24.3 Å². The lowest BCUT2D eigenvalue weighted by molar-refractivity contribution is -0.137. The molecule has 0 aromatic heterocycles. The van der Waals surface area contributed by atoms with E-state index in [2.05, 4.69) is 12.6 Å². The van der Waals surface area contributed by atoms with Gasteiger partial charge in [0.15, 0.2) is 0 Å². The molecule has 0 aliphatic rings. The van der Waals surface area contributed by atoms with Crippen LogP contribution in [0.2, 0.25) is 0 Å². The first kappa shape index (κ1) is 10.9. The van der Waals surface area contributed by atoms with Gasteiger partial charge < -0.3 is 10.2 Å². The molecule has 0 spiro atoms. The molecule has 0 heterocycles. The molecule has 0 amide bonds. The third kappa shape index (κ3) is 3.30. The number of carboxylic acid groups (broad SMARTS) is 1. The van der Waals surface area contributed by atoms with Crippen LogP contribution in [0.3, 0.4) is 0 Å². The molecule has 3 nitrogen and oxygen atoms in total. The first-order valence-electron chi connectivity index (χ1n) is 4.28. The molecule has 76 valence electrons. The Morgan fingerprint density at radius 2 is 1.93 bits per heavy atom. The van der Waals surface area contributed by atoms with Gasteiger partial charge in [-0.2, -0.15) is 12.6 Å². The summed E-state index contributed by atoms with van der Waals surface area (Å²) in [5.41, 5.74) is 0.924. The average molecular weight is 212 g/mol. The Bertz CT molecular complexity index is 308. The molecule has 14 heavy (non-hydrogen) atoms. The number of hydrogen-bond acceptors (Lipinski definition) is 3. The third-order valence-electron chi connectivity index (χ3n) is 1.91. The second-order valence-corrected chi connectivity index (χ2v) is 3.66. The zero-order valence-corrected chi connectivity index (χ0v) is 8.45. The van der Waals surface area contributed by atoms with Crippen LogP contribution in [-0.2, 0) is 4.79 Å². The number of benzene rings is 1. The Morgan fingerprint density at radius 3 is 2.43 bits per heavy atom. The lowest BCUT2D eigenvalue weighted by Crippen LogP contribution is -1.98. The van der Waals surface area contributed by atoms with Crippen molar-refractivity contribution in [1.29, 1.82) is 0 Å². The minimum atomic E-state index is -0.817. The average Bonchev–Trinajstić information content (AvgIpc) is 2.15. The molecular formula is C10H12O3S. The fraction of sp³-hybridized carbons (Fsp3) is 0.300. The van der Waals surface area contributed by atoms with Crippen LogP contribution in [-0.4, -0.2) is 16.2 Å². The standard InChI is InChI=1S/C10H12O3S/c11-8-3-1-7(2-4-8)9(14)5-6-10(12)13/h1-4,9,11,14H,5-6H2,(H,12,13). The van der Waals surface area contributed by atoms with Gasteiger partial charge in [0.05, 0.1) is 0 Å². The van der Waals surface area contributed by atoms with E-state index >= 15 is 0 Å². The van der Waals surface area contributed by atoms with E-state index < -0.39 is 5.97 Å².